The Bertz CT molecular complexity index is 588. The monoisotopic (exact) mass is 340 g/mol. The summed E-state index contributed by atoms with van der Waals surface area (Å²) in [6.45, 7) is 5.83. The molecule has 23 heavy (non-hydrogen) atoms. The van der Waals surface area contributed by atoms with E-state index in [-0.39, 0.29) is 13.0 Å². The molecule has 2 heterocycles. The van der Waals surface area contributed by atoms with Crippen molar-refractivity contribution in [3.8, 4) is 0 Å². The molecular formula is C16H24N2O4S. The fourth-order valence-corrected chi connectivity index (χ4v) is 3.74. The maximum Gasteiger partial charge on any atom is 0.324 e. The first-order valence-electron chi connectivity index (χ1n) is 8.00. The maximum atomic E-state index is 12.6. The van der Waals surface area contributed by atoms with Crippen molar-refractivity contribution in [1.82, 2.24) is 4.98 Å². The van der Waals surface area contributed by atoms with Crippen LogP contribution in [-0.2, 0) is 24.7 Å². The smallest absolute Gasteiger partial charge is 0.324 e. The Morgan fingerprint density at radius 2 is 2.22 bits per heavy atom. The number of nitrogens with two attached hydrogens (primary N) is 1. The highest BCUT2D eigenvalue weighted by Crippen LogP contribution is 2.50. The standard InChI is InChI=1S/C16H24N2O4S/c1-4-6-7-8-16(12(19)21-5-2)10-15(3,22-13(16)20)11-9-23-14(17)18-11/h9H,4-8,10H2,1-3H3,(H2,17,18)/t15-,16+/m0/s1. The van der Waals surface area contributed by atoms with E-state index in [4.69, 9.17) is 15.2 Å². The minimum absolute atomic E-state index is 0.238. The predicted molar refractivity (Wildman–Crippen MR) is 87.8 cm³/mol. The van der Waals surface area contributed by atoms with Crippen molar-refractivity contribution in [2.24, 2.45) is 5.41 Å². The molecule has 1 aromatic rings. The molecule has 1 aromatic heterocycles. The molecule has 128 valence electrons. The van der Waals surface area contributed by atoms with Gasteiger partial charge in [-0.2, -0.15) is 0 Å². The van der Waals surface area contributed by atoms with Crippen LogP contribution >= 0.6 is 11.3 Å². The maximum absolute atomic E-state index is 12.6. The van der Waals surface area contributed by atoms with Crippen LogP contribution < -0.4 is 5.73 Å². The Kier molecular flexibility index (Phi) is 5.29. The lowest BCUT2D eigenvalue weighted by atomic mass is 9.76. The molecule has 0 radical (unpaired) electrons. The van der Waals surface area contributed by atoms with Crippen LogP contribution in [0.15, 0.2) is 5.38 Å². The molecule has 6 nitrogen and oxygen atoms in total. The molecule has 0 spiro atoms. The number of aromatic nitrogens is 1. The van der Waals surface area contributed by atoms with E-state index < -0.39 is 23.0 Å². The number of nitrogen functional groups attached to an aromatic ring is 1. The van der Waals surface area contributed by atoms with Crippen LogP contribution in [0.5, 0.6) is 0 Å². The molecule has 0 amide bonds. The van der Waals surface area contributed by atoms with E-state index in [2.05, 4.69) is 11.9 Å². The zero-order valence-electron chi connectivity index (χ0n) is 13.9. The van der Waals surface area contributed by atoms with Gasteiger partial charge in [0.2, 0.25) is 0 Å². The lowest BCUT2D eigenvalue weighted by Crippen LogP contribution is -2.38. The number of carbonyl (C=O) groups is 2. The van der Waals surface area contributed by atoms with Crippen LogP contribution in [0, 0.1) is 5.41 Å². The van der Waals surface area contributed by atoms with Crippen LogP contribution in [0.2, 0.25) is 0 Å². The highest BCUT2D eigenvalue weighted by Gasteiger charge is 2.61. The van der Waals surface area contributed by atoms with E-state index in [0.29, 0.717) is 17.2 Å². The quantitative estimate of drug-likeness (QED) is 0.466. The van der Waals surface area contributed by atoms with E-state index in [1.54, 1.807) is 19.2 Å². The van der Waals surface area contributed by atoms with Gasteiger partial charge in [-0.25, -0.2) is 4.98 Å². The third-order valence-corrected chi connectivity index (χ3v) is 4.96. The van der Waals surface area contributed by atoms with Crippen molar-refractivity contribution in [2.45, 2.75) is 58.5 Å². The molecule has 1 aliphatic rings. The summed E-state index contributed by atoms with van der Waals surface area (Å²) < 4.78 is 10.8. The van der Waals surface area contributed by atoms with Gasteiger partial charge in [-0.05, 0) is 20.3 Å². The zero-order valence-corrected chi connectivity index (χ0v) is 14.7. The van der Waals surface area contributed by atoms with Gasteiger partial charge >= 0.3 is 11.9 Å². The number of rotatable bonds is 7. The number of ether oxygens (including phenoxy) is 2. The van der Waals surface area contributed by atoms with Crippen LogP contribution in [0.25, 0.3) is 0 Å². The molecule has 0 unspecified atom stereocenters. The van der Waals surface area contributed by atoms with Crippen molar-refractivity contribution in [3.63, 3.8) is 0 Å². The van der Waals surface area contributed by atoms with E-state index in [0.717, 1.165) is 19.3 Å². The van der Waals surface area contributed by atoms with Gasteiger partial charge in [-0.15, -0.1) is 11.3 Å². The van der Waals surface area contributed by atoms with Gasteiger partial charge in [0.25, 0.3) is 0 Å². The second-order valence-corrected chi connectivity index (χ2v) is 7.02. The summed E-state index contributed by atoms with van der Waals surface area (Å²) in [7, 11) is 0. The van der Waals surface area contributed by atoms with Gasteiger partial charge in [-0.3, -0.25) is 9.59 Å². The molecule has 2 N–H and O–H groups in total. The number of unbranched alkanes of at least 4 members (excludes halogenated alkanes) is 2. The normalized spacial score (nSPS) is 27.0. The highest BCUT2D eigenvalue weighted by atomic mass is 32.1. The number of cyclic esters (lactones) is 1. The first-order valence-corrected chi connectivity index (χ1v) is 8.88. The summed E-state index contributed by atoms with van der Waals surface area (Å²) >= 11 is 1.29. The Hall–Kier alpha value is -1.63. The molecule has 0 bridgehead atoms. The number of thiazole rings is 1. The number of hydrogen-bond acceptors (Lipinski definition) is 7. The summed E-state index contributed by atoms with van der Waals surface area (Å²) in [5.74, 6) is -1.01. The van der Waals surface area contributed by atoms with Crippen molar-refractivity contribution in [3.05, 3.63) is 11.1 Å². The fourth-order valence-electron chi connectivity index (χ4n) is 3.05. The largest absolute Gasteiger partial charge is 0.465 e. The van der Waals surface area contributed by atoms with Gasteiger partial charge in [-0.1, -0.05) is 26.2 Å². The van der Waals surface area contributed by atoms with Gasteiger partial charge in [0.15, 0.2) is 16.1 Å². The van der Waals surface area contributed by atoms with Crippen molar-refractivity contribution in [2.75, 3.05) is 12.3 Å². The molecule has 1 aliphatic heterocycles. The van der Waals surface area contributed by atoms with E-state index >= 15 is 0 Å². The molecule has 2 rings (SSSR count). The molecular weight excluding hydrogens is 316 g/mol. The SMILES string of the molecule is CCCCC[C@]1(C(=O)OCC)C[C@@](C)(c2csc(N)n2)OC1=O. The fraction of sp³-hybridized carbons (Fsp3) is 0.688. The second kappa shape index (κ2) is 6.86. The van der Waals surface area contributed by atoms with Crippen LogP contribution in [0.1, 0.15) is 58.6 Å². The third-order valence-electron chi connectivity index (χ3n) is 4.28. The van der Waals surface area contributed by atoms with Crippen molar-refractivity contribution >= 4 is 28.4 Å². The predicted octanol–water partition coefficient (Wildman–Crippen LogP) is 3.02. The van der Waals surface area contributed by atoms with Crippen molar-refractivity contribution < 1.29 is 19.1 Å². The van der Waals surface area contributed by atoms with Crippen LogP contribution in [-0.4, -0.2) is 23.5 Å². The Morgan fingerprint density at radius 3 is 2.78 bits per heavy atom. The van der Waals surface area contributed by atoms with E-state index in [9.17, 15) is 9.59 Å². The summed E-state index contributed by atoms with van der Waals surface area (Å²) in [5.41, 5.74) is 4.10. The number of hydrogen-bond donors (Lipinski definition) is 1. The summed E-state index contributed by atoms with van der Waals surface area (Å²) in [6.07, 6.45) is 3.42. The highest BCUT2D eigenvalue weighted by molar-refractivity contribution is 7.13. The summed E-state index contributed by atoms with van der Waals surface area (Å²) in [6, 6.07) is 0. The first-order chi connectivity index (χ1) is 10.9. The minimum Gasteiger partial charge on any atom is -0.465 e. The second-order valence-electron chi connectivity index (χ2n) is 6.13. The summed E-state index contributed by atoms with van der Waals surface area (Å²) in [5, 5.41) is 2.19. The average molecular weight is 340 g/mol. The third kappa shape index (κ3) is 3.34. The Balaban J connectivity index is 2.31. The molecule has 1 fully saturated rings. The van der Waals surface area contributed by atoms with E-state index in [1.807, 2.05) is 0 Å². The molecule has 1 saturated heterocycles. The number of carbonyl (C=O) groups excluding carboxylic acids is 2. The minimum atomic E-state index is -1.24. The van der Waals surface area contributed by atoms with E-state index in [1.165, 1.54) is 11.3 Å². The van der Waals surface area contributed by atoms with Crippen molar-refractivity contribution in [1.29, 1.82) is 0 Å². The molecule has 0 aliphatic carbocycles. The number of nitrogens with zero attached hydrogens (tertiary/aromatic N) is 1. The zero-order chi connectivity index (χ0) is 17.1. The topological polar surface area (TPSA) is 91.5 Å². The molecule has 2 atom stereocenters. The van der Waals surface area contributed by atoms with Gasteiger partial charge in [0.1, 0.15) is 0 Å². The summed E-state index contributed by atoms with van der Waals surface area (Å²) in [4.78, 5) is 29.4. The Morgan fingerprint density at radius 1 is 1.48 bits per heavy atom. The number of anilines is 1. The Labute approximate surface area is 140 Å². The molecule has 7 heteroatoms. The molecule has 0 saturated carbocycles. The lowest BCUT2D eigenvalue weighted by molar-refractivity contribution is -0.166. The number of esters is 2. The van der Waals surface area contributed by atoms with Crippen LogP contribution in [0.3, 0.4) is 0 Å². The van der Waals surface area contributed by atoms with Gasteiger partial charge < -0.3 is 15.2 Å². The first kappa shape index (κ1) is 17.7. The van der Waals surface area contributed by atoms with Gasteiger partial charge in [0.05, 0.1) is 12.3 Å². The van der Waals surface area contributed by atoms with Crippen LogP contribution in [0.4, 0.5) is 5.13 Å². The molecule has 0 aromatic carbocycles. The average Bonchev–Trinajstić information content (AvgIpc) is 3.03. The van der Waals surface area contributed by atoms with Gasteiger partial charge in [0, 0.05) is 11.8 Å². The lowest BCUT2D eigenvalue weighted by Gasteiger charge is -2.24.